The van der Waals surface area contributed by atoms with Crippen molar-refractivity contribution >= 4 is 18.0 Å². The molecule has 1 aromatic heterocycles. The van der Waals surface area contributed by atoms with E-state index < -0.39 is 7.12 Å². The van der Waals surface area contributed by atoms with Crippen LogP contribution in [0.5, 0.6) is 0 Å². The van der Waals surface area contributed by atoms with Crippen LogP contribution in [0, 0.1) is 0 Å². The van der Waals surface area contributed by atoms with Crippen LogP contribution in [0.3, 0.4) is 0 Å². The van der Waals surface area contributed by atoms with E-state index in [9.17, 15) is 0 Å². The summed E-state index contributed by atoms with van der Waals surface area (Å²) in [5.74, 6) is -0.308. The molecule has 0 saturated carbocycles. The zero-order chi connectivity index (χ0) is 15.4. The van der Waals surface area contributed by atoms with Gasteiger partial charge in [0.2, 0.25) is 0 Å². The first kappa shape index (κ1) is 14.6. The lowest BCUT2D eigenvalue weighted by molar-refractivity contribution is 0.00578. The van der Waals surface area contributed by atoms with Crippen molar-refractivity contribution in [2.75, 3.05) is 0 Å². The number of hydrogen-bond donors (Lipinski definition) is 1. The highest BCUT2D eigenvalue weighted by atomic mass is 16.7. The van der Waals surface area contributed by atoms with Crippen LogP contribution in [0.2, 0.25) is 0 Å². The standard InChI is InChI=1S/C16H23BN2O2/c1-15(2)16(3,4)21-17(20-15)14(18)12-10-19(5)13-9-7-6-8-11(12)13/h6-10,14H,18H2,1-5H3/t14-/m0/s1. The van der Waals surface area contributed by atoms with Crippen molar-refractivity contribution in [3.8, 4) is 0 Å². The highest BCUT2D eigenvalue weighted by Gasteiger charge is 2.53. The monoisotopic (exact) mass is 286 g/mol. The molecule has 1 aromatic carbocycles. The molecule has 5 heteroatoms. The second-order valence-corrected chi connectivity index (χ2v) is 6.86. The van der Waals surface area contributed by atoms with Gasteiger partial charge in [-0.3, -0.25) is 0 Å². The van der Waals surface area contributed by atoms with Crippen molar-refractivity contribution in [2.24, 2.45) is 12.8 Å². The number of aromatic nitrogens is 1. The van der Waals surface area contributed by atoms with Crippen LogP contribution >= 0.6 is 0 Å². The van der Waals surface area contributed by atoms with E-state index in [1.165, 1.54) is 5.52 Å². The molecule has 1 fully saturated rings. The molecule has 1 saturated heterocycles. The summed E-state index contributed by atoms with van der Waals surface area (Å²) in [5.41, 5.74) is 7.96. The number of hydrogen-bond acceptors (Lipinski definition) is 3. The number of aryl methyl sites for hydroxylation is 1. The molecule has 0 aliphatic carbocycles. The van der Waals surface area contributed by atoms with Gasteiger partial charge in [0.25, 0.3) is 0 Å². The molecule has 0 spiro atoms. The van der Waals surface area contributed by atoms with Gasteiger partial charge in [0.05, 0.1) is 17.1 Å². The summed E-state index contributed by atoms with van der Waals surface area (Å²) < 4.78 is 14.3. The lowest BCUT2D eigenvalue weighted by atomic mass is 9.75. The third kappa shape index (κ3) is 2.20. The fourth-order valence-electron chi connectivity index (χ4n) is 2.82. The van der Waals surface area contributed by atoms with Crippen molar-refractivity contribution < 1.29 is 9.31 Å². The zero-order valence-electron chi connectivity index (χ0n) is 13.4. The molecule has 2 N–H and O–H groups in total. The zero-order valence-corrected chi connectivity index (χ0v) is 13.4. The Labute approximate surface area is 126 Å². The summed E-state index contributed by atoms with van der Waals surface area (Å²) in [6, 6.07) is 8.25. The van der Waals surface area contributed by atoms with Crippen molar-refractivity contribution in [2.45, 2.75) is 44.8 Å². The lowest BCUT2D eigenvalue weighted by Crippen LogP contribution is -2.41. The molecule has 0 radical (unpaired) electrons. The summed E-state index contributed by atoms with van der Waals surface area (Å²) in [6.07, 6.45) is 2.07. The fraction of sp³-hybridized carbons (Fsp3) is 0.500. The maximum atomic E-state index is 6.46. The SMILES string of the molecule is Cn1cc([C@H](N)B2OC(C)(C)C(C)(C)O2)c2ccccc21. The van der Waals surface area contributed by atoms with Gasteiger partial charge in [-0.25, -0.2) is 0 Å². The first-order valence-corrected chi connectivity index (χ1v) is 7.38. The van der Waals surface area contributed by atoms with E-state index in [0.29, 0.717) is 0 Å². The van der Waals surface area contributed by atoms with Crippen LogP contribution in [0.1, 0.15) is 39.2 Å². The molecule has 0 amide bonds. The predicted molar refractivity (Wildman–Crippen MR) is 85.9 cm³/mol. The van der Waals surface area contributed by atoms with E-state index in [1.807, 2.05) is 46.9 Å². The summed E-state index contributed by atoms with van der Waals surface area (Å²) in [4.78, 5) is 0. The molecular weight excluding hydrogens is 263 g/mol. The van der Waals surface area contributed by atoms with Crippen LogP contribution in [0.25, 0.3) is 10.9 Å². The van der Waals surface area contributed by atoms with E-state index in [-0.39, 0.29) is 17.1 Å². The molecule has 2 heterocycles. The Kier molecular flexibility index (Phi) is 3.21. The van der Waals surface area contributed by atoms with Gasteiger partial charge in [-0.05, 0) is 39.3 Å². The maximum absolute atomic E-state index is 6.46. The number of nitrogens with two attached hydrogens (primary N) is 1. The summed E-state index contributed by atoms with van der Waals surface area (Å²) in [6.45, 7) is 8.18. The maximum Gasteiger partial charge on any atom is 0.480 e. The molecule has 4 nitrogen and oxygen atoms in total. The van der Waals surface area contributed by atoms with E-state index in [0.717, 1.165) is 10.9 Å². The molecule has 1 aliphatic heterocycles. The first-order chi connectivity index (χ1) is 9.73. The van der Waals surface area contributed by atoms with Crippen molar-refractivity contribution in [3.63, 3.8) is 0 Å². The predicted octanol–water partition coefficient (Wildman–Crippen LogP) is 2.81. The smallest absolute Gasteiger partial charge is 0.402 e. The average molecular weight is 286 g/mol. The number of rotatable bonds is 2. The molecule has 0 bridgehead atoms. The number of nitrogens with zero attached hydrogens (tertiary/aromatic N) is 1. The molecule has 1 atom stereocenters. The van der Waals surface area contributed by atoms with Gasteiger partial charge in [-0.1, -0.05) is 18.2 Å². The largest absolute Gasteiger partial charge is 0.480 e. The van der Waals surface area contributed by atoms with Crippen molar-refractivity contribution in [3.05, 3.63) is 36.0 Å². The van der Waals surface area contributed by atoms with Gasteiger partial charge in [0.15, 0.2) is 0 Å². The Morgan fingerprint density at radius 2 is 1.67 bits per heavy atom. The van der Waals surface area contributed by atoms with E-state index in [4.69, 9.17) is 15.0 Å². The molecule has 112 valence electrons. The van der Waals surface area contributed by atoms with Crippen molar-refractivity contribution in [1.29, 1.82) is 0 Å². The second-order valence-electron chi connectivity index (χ2n) is 6.86. The highest BCUT2D eigenvalue weighted by molar-refractivity contribution is 6.47. The van der Waals surface area contributed by atoms with E-state index in [2.05, 4.69) is 22.9 Å². The van der Waals surface area contributed by atoms with Crippen LogP contribution in [0.4, 0.5) is 0 Å². The molecule has 3 rings (SSSR count). The second kappa shape index (κ2) is 4.60. The van der Waals surface area contributed by atoms with Gasteiger partial charge < -0.3 is 19.6 Å². The Balaban J connectivity index is 1.97. The van der Waals surface area contributed by atoms with Crippen LogP contribution < -0.4 is 5.73 Å². The summed E-state index contributed by atoms with van der Waals surface area (Å²) in [5, 5.41) is 1.15. The van der Waals surface area contributed by atoms with Crippen LogP contribution in [0.15, 0.2) is 30.5 Å². The third-order valence-electron chi connectivity index (χ3n) is 4.85. The number of benzene rings is 1. The molecular formula is C16H23BN2O2. The summed E-state index contributed by atoms with van der Waals surface area (Å²) in [7, 11) is 1.60. The topological polar surface area (TPSA) is 49.4 Å². The Morgan fingerprint density at radius 1 is 1.10 bits per heavy atom. The van der Waals surface area contributed by atoms with Gasteiger partial charge >= 0.3 is 7.12 Å². The minimum atomic E-state index is -0.430. The van der Waals surface area contributed by atoms with Gasteiger partial charge in [-0.15, -0.1) is 0 Å². The Hall–Kier alpha value is -1.30. The number of fused-ring (bicyclic) bond motifs is 1. The van der Waals surface area contributed by atoms with Gasteiger partial charge in [0.1, 0.15) is 0 Å². The van der Waals surface area contributed by atoms with Crippen LogP contribution in [-0.2, 0) is 16.4 Å². The van der Waals surface area contributed by atoms with Crippen LogP contribution in [-0.4, -0.2) is 22.9 Å². The van der Waals surface area contributed by atoms with E-state index >= 15 is 0 Å². The Bertz CT molecular complexity index is 662. The van der Waals surface area contributed by atoms with Crippen molar-refractivity contribution in [1.82, 2.24) is 4.57 Å². The number of para-hydroxylation sites is 1. The fourth-order valence-corrected chi connectivity index (χ4v) is 2.82. The third-order valence-corrected chi connectivity index (χ3v) is 4.85. The minimum Gasteiger partial charge on any atom is -0.402 e. The lowest BCUT2D eigenvalue weighted by Gasteiger charge is -2.32. The van der Waals surface area contributed by atoms with Gasteiger partial charge in [-0.2, -0.15) is 0 Å². The quantitative estimate of drug-likeness (QED) is 0.864. The average Bonchev–Trinajstić information content (AvgIpc) is 2.85. The molecule has 0 unspecified atom stereocenters. The normalized spacial score (nSPS) is 21.9. The molecule has 2 aromatic rings. The molecule has 1 aliphatic rings. The minimum absolute atomic E-state index is 0.308. The first-order valence-electron chi connectivity index (χ1n) is 7.38. The van der Waals surface area contributed by atoms with Gasteiger partial charge in [0, 0.05) is 24.1 Å². The molecule has 21 heavy (non-hydrogen) atoms. The summed E-state index contributed by atoms with van der Waals surface area (Å²) >= 11 is 0. The van der Waals surface area contributed by atoms with E-state index in [1.54, 1.807) is 0 Å². The highest BCUT2D eigenvalue weighted by Crippen LogP contribution is 2.40. The Morgan fingerprint density at radius 3 is 2.29 bits per heavy atom.